The van der Waals surface area contributed by atoms with Gasteiger partial charge in [0.15, 0.2) is 0 Å². The molecule has 114 valence electrons. The van der Waals surface area contributed by atoms with E-state index in [1.54, 1.807) is 6.92 Å². The van der Waals surface area contributed by atoms with Crippen molar-refractivity contribution >= 4 is 20.2 Å². The molecule has 1 rings (SSSR count). The zero-order valence-corrected chi connectivity index (χ0v) is 12.7. The third-order valence-corrected chi connectivity index (χ3v) is 5.22. The average molecular weight is 325 g/mol. The fraction of sp³-hybridized carbons (Fsp3) is 0.455. The van der Waals surface area contributed by atoms with Gasteiger partial charge in [-0.3, -0.25) is 0 Å². The van der Waals surface area contributed by atoms with Crippen LogP contribution in [-0.4, -0.2) is 47.9 Å². The first-order valence-electron chi connectivity index (χ1n) is 5.78. The summed E-state index contributed by atoms with van der Waals surface area (Å²) in [5, 5.41) is 0. The van der Waals surface area contributed by atoms with Crippen molar-refractivity contribution in [3.63, 3.8) is 0 Å². The maximum Gasteiger partial charge on any atom is 0.332 e. The van der Waals surface area contributed by atoms with Crippen molar-refractivity contribution in [1.82, 2.24) is 4.31 Å². The van der Waals surface area contributed by atoms with Crippen LogP contribution in [0.25, 0.3) is 0 Å². The van der Waals surface area contributed by atoms with Crippen LogP contribution in [0.2, 0.25) is 0 Å². The molecule has 1 aromatic carbocycles. The quantitative estimate of drug-likeness (QED) is 0.552. The highest BCUT2D eigenvalue weighted by Crippen LogP contribution is 2.19. The molecule has 6 nitrogen and oxygen atoms in total. The highest BCUT2D eigenvalue weighted by atomic mass is 32.3. The van der Waals surface area contributed by atoms with Gasteiger partial charge >= 0.3 is 10.2 Å². The summed E-state index contributed by atoms with van der Waals surface area (Å²) < 4.78 is 64.9. The van der Waals surface area contributed by atoms with Gasteiger partial charge in [0, 0.05) is 20.2 Å². The molecule has 0 aliphatic carbocycles. The van der Waals surface area contributed by atoms with Gasteiger partial charge in [-0.05, 0) is 25.1 Å². The lowest BCUT2D eigenvalue weighted by Crippen LogP contribution is -2.30. The van der Waals surface area contributed by atoms with E-state index in [2.05, 4.69) is 0 Å². The lowest BCUT2D eigenvalue weighted by molar-refractivity contribution is 0.138. The largest absolute Gasteiger partial charge is 0.380 e. The van der Waals surface area contributed by atoms with Crippen LogP contribution in [0.4, 0.5) is 3.89 Å². The van der Waals surface area contributed by atoms with E-state index < -0.39 is 25.1 Å². The molecular formula is C11H16FNO5S2. The molecule has 0 fully saturated rings. The number of hydrogen-bond acceptors (Lipinski definition) is 5. The van der Waals surface area contributed by atoms with E-state index in [1.165, 1.54) is 19.2 Å². The SMILES string of the molecule is CCOCCN(C)S(=O)(=O)c1cccc(S(=O)(=O)F)c1. The molecule has 0 spiro atoms. The third kappa shape index (κ3) is 4.23. The average Bonchev–Trinajstić information content (AvgIpc) is 2.38. The van der Waals surface area contributed by atoms with Crippen LogP contribution >= 0.6 is 0 Å². The molecule has 0 saturated carbocycles. The first kappa shape index (κ1) is 17.0. The van der Waals surface area contributed by atoms with Crippen LogP contribution in [-0.2, 0) is 25.0 Å². The van der Waals surface area contributed by atoms with Crippen molar-refractivity contribution in [3.8, 4) is 0 Å². The number of nitrogens with zero attached hydrogens (tertiary/aromatic N) is 1. The normalized spacial score (nSPS) is 12.8. The molecule has 0 N–H and O–H groups in total. The maximum atomic E-state index is 12.9. The highest BCUT2D eigenvalue weighted by Gasteiger charge is 2.23. The van der Waals surface area contributed by atoms with Gasteiger partial charge in [-0.2, -0.15) is 12.7 Å². The van der Waals surface area contributed by atoms with Gasteiger partial charge in [-0.25, -0.2) is 8.42 Å². The van der Waals surface area contributed by atoms with Crippen LogP contribution < -0.4 is 0 Å². The second-order valence-corrected chi connectivity index (χ2v) is 7.33. The van der Waals surface area contributed by atoms with Gasteiger partial charge in [0.1, 0.15) is 0 Å². The minimum Gasteiger partial charge on any atom is -0.380 e. The number of likely N-dealkylation sites (N-methyl/N-ethyl adjacent to an activating group) is 1. The van der Waals surface area contributed by atoms with E-state index in [-0.39, 0.29) is 18.0 Å². The zero-order valence-electron chi connectivity index (χ0n) is 11.1. The van der Waals surface area contributed by atoms with E-state index in [0.717, 1.165) is 16.4 Å². The molecule has 0 amide bonds. The molecule has 0 atom stereocenters. The molecule has 0 heterocycles. The number of sulfonamides is 1. The molecule has 0 saturated heterocycles. The van der Waals surface area contributed by atoms with Crippen LogP contribution in [0.1, 0.15) is 6.92 Å². The first-order valence-corrected chi connectivity index (χ1v) is 8.60. The van der Waals surface area contributed by atoms with Gasteiger partial charge in [-0.1, -0.05) is 6.07 Å². The van der Waals surface area contributed by atoms with Crippen LogP contribution in [0.15, 0.2) is 34.1 Å². The topological polar surface area (TPSA) is 80.8 Å². The summed E-state index contributed by atoms with van der Waals surface area (Å²) in [5.41, 5.74) is 0. The van der Waals surface area contributed by atoms with Crippen LogP contribution in [0, 0.1) is 0 Å². The van der Waals surface area contributed by atoms with Crippen molar-refractivity contribution < 1.29 is 25.5 Å². The Balaban J connectivity index is 3.04. The maximum absolute atomic E-state index is 12.9. The highest BCUT2D eigenvalue weighted by molar-refractivity contribution is 7.89. The number of rotatable bonds is 7. The summed E-state index contributed by atoms with van der Waals surface area (Å²) in [6.45, 7) is 2.57. The van der Waals surface area contributed by atoms with Crippen molar-refractivity contribution in [1.29, 1.82) is 0 Å². The van der Waals surface area contributed by atoms with Crippen molar-refractivity contribution in [3.05, 3.63) is 24.3 Å². The van der Waals surface area contributed by atoms with E-state index >= 15 is 0 Å². The molecule has 0 aliphatic rings. The minimum atomic E-state index is -4.94. The molecular weight excluding hydrogens is 309 g/mol. The molecule has 0 aliphatic heterocycles. The third-order valence-electron chi connectivity index (χ3n) is 2.55. The number of benzene rings is 1. The summed E-state index contributed by atoms with van der Waals surface area (Å²) in [6, 6.07) is 4.17. The molecule has 0 unspecified atom stereocenters. The Morgan fingerprint density at radius 1 is 1.20 bits per heavy atom. The van der Waals surface area contributed by atoms with Gasteiger partial charge in [0.25, 0.3) is 0 Å². The Morgan fingerprint density at radius 2 is 1.80 bits per heavy atom. The van der Waals surface area contributed by atoms with Crippen molar-refractivity contribution in [2.45, 2.75) is 16.7 Å². The molecule has 0 aromatic heterocycles. The Hall–Kier alpha value is -1.03. The van der Waals surface area contributed by atoms with Gasteiger partial charge in [0.05, 0.1) is 16.4 Å². The van der Waals surface area contributed by atoms with Gasteiger partial charge in [-0.15, -0.1) is 3.89 Å². The van der Waals surface area contributed by atoms with Gasteiger partial charge in [0.2, 0.25) is 10.0 Å². The van der Waals surface area contributed by atoms with Gasteiger partial charge < -0.3 is 4.74 Å². The zero-order chi connectivity index (χ0) is 15.4. The predicted octanol–water partition coefficient (Wildman–Crippen LogP) is 1.00. The lowest BCUT2D eigenvalue weighted by Gasteiger charge is -2.17. The minimum absolute atomic E-state index is 0.114. The molecule has 1 aromatic rings. The monoisotopic (exact) mass is 325 g/mol. The van der Waals surface area contributed by atoms with E-state index in [1.807, 2.05) is 0 Å². The predicted molar refractivity (Wildman–Crippen MR) is 71.0 cm³/mol. The Bertz CT molecular complexity index is 657. The van der Waals surface area contributed by atoms with E-state index in [4.69, 9.17) is 4.74 Å². The molecule has 0 radical (unpaired) electrons. The molecule has 0 bridgehead atoms. The Morgan fingerprint density at radius 3 is 2.35 bits per heavy atom. The summed E-state index contributed by atoms with van der Waals surface area (Å²) in [4.78, 5) is -0.966. The number of hydrogen-bond donors (Lipinski definition) is 0. The number of ether oxygens (including phenoxy) is 1. The standard InChI is InChI=1S/C11H16FNO5S2/c1-3-18-8-7-13(2)20(16,17)11-6-4-5-10(9-11)19(12,14)15/h4-6,9H,3,7-8H2,1-2H3. The van der Waals surface area contributed by atoms with Crippen molar-refractivity contribution in [2.24, 2.45) is 0 Å². The van der Waals surface area contributed by atoms with Crippen molar-refractivity contribution in [2.75, 3.05) is 26.8 Å². The summed E-state index contributed by atoms with van der Waals surface area (Å²) in [5.74, 6) is 0. The smallest absolute Gasteiger partial charge is 0.332 e. The lowest BCUT2D eigenvalue weighted by atomic mass is 10.4. The Labute approximate surface area is 118 Å². The summed E-state index contributed by atoms with van der Waals surface area (Å²) in [7, 11) is -7.48. The fourth-order valence-electron chi connectivity index (χ4n) is 1.42. The fourth-order valence-corrected chi connectivity index (χ4v) is 3.21. The summed E-state index contributed by atoms with van der Waals surface area (Å²) in [6.07, 6.45) is 0. The first-order chi connectivity index (χ1) is 9.19. The molecule has 20 heavy (non-hydrogen) atoms. The second kappa shape index (κ2) is 6.61. The molecule has 9 heteroatoms. The van der Waals surface area contributed by atoms with Crippen LogP contribution in [0.3, 0.4) is 0 Å². The van der Waals surface area contributed by atoms with E-state index in [0.29, 0.717) is 6.61 Å². The Kier molecular flexibility index (Phi) is 5.63. The number of halogens is 1. The summed E-state index contributed by atoms with van der Waals surface area (Å²) >= 11 is 0. The van der Waals surface area contributed by atoms with E-state index in [9.17, 15) is 20.7 Å². The second-order valence-electron chi connectivity index (χ2n) is 3.94. The van der Waals surface area contributed by atoms with Crippen LogP contribution in [0.5, 0.6) is 0 Å².